The number of nitrogens with zero attached hydrogens (tertiary/aromatic N) is 3. The highest BCUT2D eigenvalue weighted by Crippen LogP contribution is 2.27. The molecule has 8 heteroatoms. The van der Waals surface area contributed by atoms with E-state index in [1.165, 1.54) is 22.9 Å². The number of thioether (sulfide) groups is 1. The fourth-order valence-corrected chi connectivity index (χ4v) is 3.56. The van der Waals surface area contributed by atoms with Gasteiger partial charge in [-0.25, -0.2) is 0 Å². The molecule has 3 aromatic rings. The molecule has 3 rings (SSSR count). The number of anilines is 2. The normalized spacial score (nSPS) is 10.8. The van der Waals surface area contributed by atoms with E-state index < -0.39 is 0 Å². The maximum atomic E-state index is 12.2. The lowest BCUT2D eigenvalue weighted by Crippen LogP contribution is -2.27. The van der Waals surface area contributed by atoms with Gasteiger partial charge in [0.1, 0.15) is 0 Å². The van der Waals surface area contributed by atoms with Crippen molar-refractivity contribution in [2.45, 2.75) is 17.5 Å². The molecule has 0 saturated carbocycles. The second kappa shape index (κ2) is 9.70. The van der Waals surface area contributed by atoms with Crippen LogP contribution in [0.2, 0.25) is 0 Å². The largest absolute Gasteiger partial charge is 0.368 e. The summed E-state index contributed by atoms with van der Waals surface area (Å²) in [4.78, 5) is 23.8. The highest BCUT2D eigenvalue weighted by atomic mass is 32.2. The number of nitrogens with two attached hydrogens (primary N) is 2. The third kappa shape index (κ3) is 5.68. The number of nitrogens with one attached hydrogen (secondary N) is 1. The van der Waals surface area contributed by atoms with Gasteiger partial charge in [0.25, 0.3) is 0 Å². The van der Waals surface area contributed by atoms with E-state index >= 15 is 0 Å². The van der Waals surface area contributed by atoms with E-state index in [9.17, 15) is 4.79 Å². The van der Waals surface area contributed by atoms with E-state index in [4.69, 9.17) is 11.5 Å². The fourth-order valence-electron chi connectivity index (χ4n) is 2.89. The summed E-state index contributed by atoms with van der Waals surface area (Å²) in [7, 11) is 0. The molecule has 7 nitrogen and oxygen atoms in total. The van der Waals surface area contributed by atoms with Gasteiger partial charge in [-0.2, -0.15) is 15.0 Å². The first kappa shape index (κ1) is 19.6. The zero-order valence-corrected chi connectivity index (χ0v) is 16.1. The van der Waals surface area contributed by atoms with E-state index in [1.807, 2.05) is 36.4 Å². The van der Waals surface area contributed by atoms with Gasteiger partial charge in [-0.1, -0.05) is 72.4 Å². The van der Waals surface area contributed by atoms with Gasteiger partial charge in [0.2, 0.25) is 17.8 Å². The lowest BCUT2D eigenvalue weighted by Gasteiger charge is -2.18. The number of benzene rings is 2. The van der Waals surface area contributed by atoms with E-state index in [-0.39, 0.29) is 29.5 Å². The van der Waals surface area contributed by atoms with Gasteiger partial charge in [0, 0.05) is 12.5 Å². The third-order valence-corrected chi connectivity index (χ3v) is 4.99. The highest BCUT2D eigenvalue weighted by Gasteiger charge is 2.14. The van der Waals surface area contributed by atoms with Crippen LogP contribution in [0.1, 0.15) is 23.5 Å². The summed E-state index contributed by atoms with van der Waals surface area (Å²) in [5, 5.41) is 3.30. The molecule has 0 bridgehead atoms. The van der Waals surface area contributed by atoms with Crippen LogP contribution < -0.4 is 16.8 Å². The standard InChI is InChI=1S/C20H22N6OS/c21-18-24-19(22)26-20(25-18)28-13-17(27)23-12-11-16(14-7-3-1-4-8-14)15-9-5-2-6-10-15/h1-10,16H,11-13H2,(H,23,27)(H4,21,22,24,25,26). The Morgan fingerprint density at radius 2 is 1.43 bits per heavy atom. The minimum absolute atomic E-state index is 0.0453. The van der Waals surface area contributed by atoms with Gasteiger partial charge in [0.05, 0.1) is 5.75 Å². The number of amides is 1. The number of hydrogen-bond donors (Lipinski definition) is 3. The topological polar surface area (TPSA) is 120 Å². The van der Waals surface area contributed by atoms with Gasteiger partial charge in [-0.15, -0.1) is 0 Å². The van der Waals surface area contributed by atoms with Gasteiger partial charge in [-0.3, -0.25) is 4.79 Å². The van der Waals surface area contributed by atoms with Gasteiger partial charge in [0.15, 0.2) is 5.16 Å². The van der Waals surface area contributed by atoms with Crippen molar-refractivity contribution >= 4 is 29.6 Å². The summed E-state index contributed by atoms with van der Waals surface area (Å²) < 4.78 is 0. The van der Waals surface area contributed by atoms with Crippen molar-refractivity contribution < 1.29 is 4.79 Å². The average molecular weight is 395 g/mol. The first-order chi connectivity index (χ1) is 13.6. The minimum atomic E-state index is -0.0950. The molecule has 5 N–H and O–H groups in total. The Morgan fingerprint density at radius 3 is 1.96 bits per heavy atom. The Bertz CT molecular complexity index is 847. The molecule has 0 fully saturated rings. The maximum absolute atomic E-state index is 12.2. The van der Waals surface area contributed by atoms with E-state index in [0.29, 0.717) is 11.7 Å². The molecule has 0 aliphatic heterocycles. The molecule has 0 unspecified atom stereocenters. The summed E-state index contributed by atoms with van der Waals surface area (Å²) in [5.41, 5.74) is 13.5. The number of carbonyl (C=O) groups excluding carboxylic acids is 1. The van der Waals surface area contributed by atoms with Crippen LogP contribution >= 0.6 is 11.8 Å². The van der Waals surface area contributed by atoms with Crippen LogP contribution in [0.15, 0.2) is 65.8 Å². The quantitative estimate of drug-likeness (QED) is 0.502. The molecule has 0 saturated heterocycles. The summed E-state index contributed by atoms with van der Waals surface area (Å²) in [6.07, 6.45) is 0.802. The Morgan fingerprint density at radius 1 is 0.893 bits per heavy atom. The van der Waals surface area contributed by atoms with Gasteiger partial charge < -0.3 is 16.8 Å². The van der Waals surface area contributed by atoms with Crippen molar-refractivity contribution in [1.29, 1.82) is 0 Å². The van der Waals surface area contributed by atoms with Crippen LogP contribution in [0.25, 0.3) is 0 Å². The van der Waals surface area contributed by atoms with E-state index in [0.717, 1.165) is 6.42 Å². The second-order valence-electron chi connectivity index (χ2n) is 6.14. The molecule has 0 radical (unpaired) electrons. The number of nitrogen functional groups attached to an aromatic ring is 2. The second-order valence-corrected chi connectivity index (χ2v) is 7.08. The van der Waals surface area contributed by atoms with Crippen molar-refractivity contribution in [1.82, 2.24) is 20.3 Å². The molecule has 0 spiro atoms. The van der Waals surface area contributed by atoms with E-state index in [1.54, 1.807) is 0 Å². The molecular weight excluding hydrogens is 372 g/mol. The lowest BCUT2D eigenvalue weighted by atomic mass is 9.88. The van der Waals surface area contributed by atoms with Crippen LogP contribution in [-0.2, 0) is 4.79 Å². The van der Waals surface area contributed by atoms with E-state index in [2.05, 4.69) is 44.5 Å². The van der Waals surface area contributed by atoms with Crippen LogP contribution in [0.5, 0.6) is 0 Å². The molecule has 1 aromatic heterocycles. The predicted molar refractivity (Wildman–Crippen MR) is 112 cm³/mol. The van der Waals surface area contributed by atoms with Crippen molar-refractivity contribution in [3.8, 4) is 0 Å². The zero-order chi connectivity index (χ0) is 19.8. The summed E-state index contributed by atoms with van der Waals surface area (Å²) in [5.74, 6) is 0.401. The van der Waals surface area contributed by atoms with Crippen LogP contribution in [0.4, 0.5) is 11.9 Å². The lowest BCUT2D eigenvalue weighted by molar-refractivity contribution is -0.118. The molecule has 1 amide bonds. The number of hydrogen-bond acceptors (Lipinski definition) is 7. The minimum Gasteiger partial charge on any atom is -0.368 e. The van der Waals surface area contributed by atoms with Gasteiger partial charge in [-0.05, 0) is 17.5 Å². The Labute approximate surface area is 168 Å². The summed E-state index contributed by atoms with van der Waals surface area (Å²) in [6.45, 7) is 0.565. The first-order valence-corrected chi connectivity index (χ1v) is 9.87. The molecule has 1 heterocycles. The van der Waals surface area contributed by atoms with Crippen molar-refractivity contribution in [3.63, 3.8) is 0 Å². The predicted octanol–water partition coefficient (Wildman–Crippen LogP) is 2.47. The van der Waals surface area contributed by atoms with Crippen molar-refractivity contribution in [2.75, 3.05) is 23.8 Å². The number of carbonyl (C=O) groups is 1. The third-order valence-electron chi connectivity index (χ3n) is 4.14. The molecular formula is C20H22N6OS. The Balaban J connectivity index is 1.54. The number of aromatic nitrogens is 3. The van der Waals surface area contributed by atoms with Crippen LogP contribution in [-0.4, -0.2) is 33.2 Å². The summed E-state index contributed by atoms with van der Waals surface area (Å²) in [6, 6.07) is 20.6. The summed E-state index contributed by atoms with van der Waals surface area (Å²) >= 11 is 1.17. The highest BCUT2D eigenvalue weighted by molar-refractivity contribution is 7.99. The average Bonchev–Trinajstić information content (AvgIpc) is 2.70. The maximum Gasteiger partial charge on any atom is 0.230 e. The molecule has 28 heavy (non-hydrogen) atoms. The van der Waals surface area contributed by atoms with Crippen molar-refractivity contribution in [3.05, 3.63) is 71.8 Å². The molecule has 0 aliphatic rings. The van der Waals surface area contributed by atoms with Crippen molar-refractivity contribution in [2.24, 2.45) is 0 Å². The molecule has 0 aliphatic carbocycles. The Kier molecular flexibility index (Phi) is 6.80. The number of rotatable bonds is 8. The smallest absolute Gasteiger partial charge is 0.230 e. The SMILES string of the molecule is Nc1nc(N)nc(SCC(=O)NCCC(c2ccccc2)c2ccccc2)n1. The van der Waals surface area contributed by atoms with Gasteiger partial charge >= 0.3 is 0 Å². The fraction of sp³-hybridized carbons (Fsp3) is 0.200. The van der Waals surface area contributed by atoms with Crippen LogP contribution in [0, 0.1) is 0 Å². The first-order valence-electron chi connectivity index (χ1n) is 8.88. The van der Waals surface area contributed by atoms with Crippen LogP contribution in [0.3, 0.4) is 0 Å². The molecule has 0 atom stereocenters. The molecule has 144 valence electrons. The molecule has 2 aromatic carbocycles. The monoisotopic (exact) mass is 394 g/mol. The Hall–Kier alpha value is -3.13. The zero-order valence-electron chi connectivity index (χ0n) is 15.3.